The van der Waals surface area contributed by atoms with Gasteiger partial charge < -0.3 is 24.4 Å². The van der Waals surface area contributed by atoms with E-state index in [1.807, 2.05) is 0 Å². The molecular formula is C21H26O10. The predicted octanol–water partition coefficient (Wildman–Crippen LogP) is 1.82. The Morgan fingerprint density at radius 1 is 0.742 bits per heavy atom. The summed E-state index contributed by atoms with van der Waals surface area (Å²) >= 11 is 0. The topological polar surface area (TPSA) is 154 Å². The molecule has 0 atom stereocenters. The lowest BCUT2D eigenvalue weighted by molar-refractivity contribution is -0.157. The van der Waals surface area contributed by atoms with E-state index in [1.54, 1.807) is 0 Å². The van der Waals surface area contributed by atoms with Gasteiger partial charge in [0.25, 0.3) is 0 Å². The average Bonchev–Trinajstić information content (AvgIpc) is 2.66. The summed E-state index contributed by atoms with van der Waals surface area (Å²) in [4.78, 5) is 58.3. The van der Waals surface area contributed by atoms with Crippen molar-refractivity contribution in [3.8, 4) is 0 Å². The minimum atomic E-state index is -1.62. The van der Waals surface area contributed by atoms with Crippen LogP contribution in [0.1, 0.15) is 27.2 Å². The summed E-state index contributed by atoms with van der Waals surface area (Å²) < 4.78 is 15.3. The fraction of sp³-hybridized carbons (Fsp3) is 0.381. The molecule has 31 heavy (non-hydrogen) atoms. The van der Waals surface area contributed by atoms with Crippen LogP contribution in [0.25, 0.3) is 0 Å². The van der Waals surface area contributed by atoms with Crippen LogP contribution in [0.2, 0.25) is 0 Å². The van der Waals surface area contributed by atoms with Crippen molar-refractivity contribution in [3.05, 3.63) is 48.1 Å². The molecule has 0 unspecified atom stereocenters. The lowest BCUT2D eigenvalue weighted by Gasteiger charge is -2.32. The summed E-state index contributed by atoms with van der Waals surface area (Å²) in [7, 11) is 0. The number of esters is 3. The average molecular weight is 438 g/mol. The number of hydrogen-bond donors (Lipinski definition) is 2. The van der Waals surface area contributed by atoms with Crippen LogP contribution in [0.5, 0.6) is 0 Å². The van der Waals surface area contributed by atoms with Gasteiger partial charge in [-0.25, -0.2) is 24.0 Å². The van der Waals surface area contributed by atoms with Crippen molar-refractivity contribution in [2.75, 3.05) is 19.8 Å². The summed E-state index contributed by atoms with van der Waals surface area (Å²) in [6, 6.07) is 0. The van der Waals surface area contributed by atoms with Crippen molar-refractivity contribution in [2.24, 2.45) is 5.41 Å². The molecule has 0 aromatic carbocycles. The van der Waals surface area contributed by atoms with Crippen molar-refractivity contribution >= 4 is 29.8 Å². The second-order valence-electron chi connectivity index (χ2n) is 7.06. The minimum absolute atomic E-state index is 0.0336. The van der Waals surface area contributed by atoms with Gasteiger partial charge in [0, 0.05) is 28.4 Å². The van der Waals surface area contributed by atoms with Crippen molar-refractivity contribution in [1.82, 2.24) is 0 Å². The molecule has 10 nitrogen and oxygen atoms in total. The van der Waals surface area contributed by atoms with Crippen LogP contribution in [0.3, 0.4) is 0 Å². The summed E-state index contributed by atoms with van der Waals surface area (Å²) in [6.07, 6.45) is -0.135. The van der Waals surface area contributed by atoms with Gasteiger partial charge in [0.15, 0.2) is 0 Å². The van der Waals surface area contributed by atoms with E-state index < -0.39 is 67.1 Å². The van der Waals surface area contributed by atoms with Crippen LogP contribution < -0.4 is 0 Å². The number of carbonyl (C=O) groups excluding carboxylic acids is 3. The molecule has 0 amide bonds. The Bertz CT molecular complexity index is 757. The van der Waals surface area contributed by atoms with E-state index >= 15 is 0 Å². The zero-order valence-electron chi connectivity index (χ0n) is 17.7. The Balaban J connectivity index is 6.19. The van der Waals surface area contributed by atoms with Crippen LogP contribution in [-0.2, 0) is 38.2 Å². The van der Waals surface area contributed by atoms with Gasteiger partial charge in [0.05, 0.1) is 5.41 Å². The molecule has 170 valence electrons. The fourth-order valence-electron chi connectivity index (χ4n) is 2.05. The number of rotatable bonds is 13. The number of ether oxygens (including phenoxy) is 3. The Hall–Kier alpha value is -3.69. The maximum Gasteiger partial charge on any atom is 0.333 e. The number of aliphatic carboxylic acids is 2. The number of hydrogen-bond acceptors (Lipinski definition) is 8. The van der Waals surface area contributed by atoms with E-state index in [-0.39, 0.29) is 16.7 Å². The Labute approximate surface area is 179 Å². The molecule has 0 heterocycles. The zero-order valence-corrected chi connectivity index (χ0v) is 17.7. The van der Waals surface area contributed by atoms with Gasteiger partial charge in [-0.05, 0) is 27.2 Å². The zero-order chi connectivity index (χ0) is 24.4. The molecule has 0 saturated carbocycles. The minimum Gasteiger partial charge on any atom is -0.478 e. The van der Waals surface area contributed by atoms with Gasteiger partial charge in [-0.1, -0.05) is 19.7 Å². The number of carboxylic acids is 2. The molecule has 0 aliphatic heterocycles. The van der Waals surface area contributed by atoms with Crippen LogP contribution in [-0.4, -0.2) is 59.9 Å². The molecule has 0 aliphatic carbocycles. The molecular weight excluding hydrogens is 412 g/mol. The highest BCUT2D eigenvalue weighted by Crippen LogP contribution is 2.30. The highest BCUT2D eigenvalue weighted by molar-refractivity contribution is 5.94. The van der Waals surface area contributed by atoms with Crippen molar-refractivity contribution in [1.29, 1.82) is 0 Å². The Kier molecular flexibility index (Phi) is 10.7. The molecule has 10 heteroatoms. The standard InChI is InChI=1S/C21H26O10/c1-12(2)18(26)29-9-21(10-30-19(27)13(3)4,11-31-20(28)14(5)6)8-15(17(24)25)7-16(22)23/h7H,1,3,5,8-11H2,2,4,6H3,(H,22,23)(H,24,25)/b15-7+. The maximum atomic E-state index is 11.9. The molecule has 2 N–H and O–H groups in total. The first-order valence-electron chi connectivity index (χ1n) is 8.85. The number of carbonyl (C=O) groups is 5. The van der Waals surface area contributed by atoms with Crippen LogP contribution in [0.15, 0.2) is 48.1 Å². The van der Waals surface area contributed by atoms with Gasteiger partial charge >= 0.3 is 29.8 Å². The summed E-state index contributed by atoms with van der Waals surface area (Å²) in [5.74, 6) is -5.61. The fourth-order valence-corrected chi connectivity index (χ4v) is 2.05. The Morgan fingerprint density at radius 3 is 1.29 bits per heavy atom. The van der Waals surface area contributed by atoms with Gasteiger partial charge in [-0.15, -0.1) is 0 Å². The second-order valence-corrected chi connectivity index (χ2v) is 7.06. The van der Waals surface area contributed by atoms with Crippen molar-refractivity contribution in [3.63, 3.8) is 0 Å². The van der Waals surface area contributed by atoms with E-state index in [2.05, 4.69) is 19.7 Å². The first-order valence-corrected chi connectivity index (χ1v) is 8.85. The molecule has 0 aliphatic rings. The third-order valence-electron chi connectivity index (χ3n) is 3.71. The first-order chi connectivity index (χ1) is 14.2. The second kappa shape index (κ2) is 12.1. The predicted molar refractivity (Wildman–Crippen MR) is 108 cm³/mol. The van der Waals surface area contributed by atoms with Gasteiger partial charge in [0.2, 0.25) is 0 Å². The molecule has 0 fully saturated rings. The molecule has 0 aromatic rings. The number of carboxylic acid groups (broad SMARTS) is 2. The van der Waals surface area contributed by atoms with E-state index in [4.69, 9.17) is 19.3 Å². The van der Waals surface area contributed by atoms with Gasteiger partial charge in [-0.3, -0.25) is 0 Å². The first kappa shape index (κ1) is 27.3. The lowest BCUT2D eigenvalue weighted by atomic mass is 9.83. The largest absolute Gasteiger partial charge is 0.478 e. The summed E-state index contributed by atoms with van der Waals surface area (Å²) in [6.45, 7) is 12.7. The van der Waals surface area contributed by atoms with Gasteiger partial charge in [-0.2, -0.15) is 0 Å². The van der Waals surface area contributed by atoms with Crippen molar-refractivity contribution < 1.29 is 48.4 Å². The quantitative estimate of drug-likeness (QED) is 0.247. The highest BCUT2D eigenvalue weighted by Gasteiger charge is 2.38. The monoisotopic (exact) mass is 438 g/mol. The summed E-state index contributed by atoms with van der Waals surface area (Å²) in [5, 5.41) is 18.4. The van der Waals surface area contributed by atoms with Gasteiger partial charge in [0.1, 0.15) is 19.8 Å². The third-order valence-corrected chi connectivity index (χ3v) is 3.71. The smallest absolute Gasteiger partial charge is 0.333 e. The van der Waals surface area contributed by atoms with Crippen molar-refractivity contribution in [2.45, 2.75) is 27.2 Å². The Morgan fingerprint density at radius 2 is 1.06 bits per heavy atom. The van der Waals surface area contributed by atoms with Crippen LogP contribution in [0.4, 0.5) is 0 Å². The molecule has 0 bridgehead atoms. The third kappa shape index (κ3) is 10.1. The maximum absolute atomic E-state index is 11.9. The van der Waals surface area contributed by atoms with Crippen LogP contribution >= 0.6 is 0 Å². The lowest BCUT2D eigenvalue weighted by Crippen LogP contribution is -2.41. The normalized spacial score (nSPS) is 11.1. The summed E-state index contributed by atoms with van der Waals surface area (Å²) in [5.41, 5.74) is -2.12. The SMILES string of the molecule is C=C(C)C(=O)OCC(COC(=O)C(=C)C)(COC(=O)C(=C)C)C/C(=C\C(=O)O)C(=O)O. The van der Waals surface area contributed by atoms with Crippen LogP contribution in [0, 0.1) is 5.41 Å². The van der Waals surface area contributed by atoms with E-state index in [9.17, 15) is 29.1 Å². The van der Waals surface area contributed by atoms with E-state index in [0.717, 1.165) is 0 Å². The molecule has 0 rings (SSSR count). The molecule has 0 radical (unpaired) electrons. The molecule has 0 saturated heterocycles. The highest BCUT2D eigenvalue weighted by atomic mass is 16.6. The van der Waals surface area contributed by atoms with E-state index in [0.29, 0.717) is 6.08 Å². The van der Waals surface area contributed by atoms with E-state index in [1.165, 1.54) is 20.8 Å². The molecule has 0 aromatic heterocycles. The molecule has 0 spiro atoms.